The maximum atomic E-state index is 12.6. The number of nitrogens with zero attached hydrogens (tertiary/aromatic N) is 2. The monoisotopic (exact) mass is 325 g/mol. The lowest BCUT2D eigenvalue weighted by Crippen LogP contribution is -2.36. The van der Waals surface area contributed by atoms with Gasteiger partial charge in [-0.3, -0.25) is 9.78 Å². The minimum Gasteiger partial charge on any atom is -0.454 e. The number of carbonyl (C=O) groups is 1. The van der Waals surface area contributed by atoms with Gasteiger partial charge in [0.2, 0.25) is 6.79 Å². The number of carbonyl (C=O) groups excluding carboxylic acids is 1. The average Bonchev–Trinajstić information content (AvgIpc) is 3.10. The van der Waals surface area contributed by atoms with Crippen molar-refractivity contribution in [1.29, 1.82) is 0 Å². The lowest BCUT2D eigenvalue weighted by atomic mass is 10.1. The molecule has 1 N–H and O–H groups in total. The van der Waals surface area contributed by atoms with E-state index >= 15 is 0 Å². The van der Waals surface area contributed by atoms with Gasteiger partial charge in [0.1, 0.15) is 5.69 Å². The van der Waals surface area contributed by atoms with Crippen molar-refractivity contribution in [2.45, 2.75) is 19.3 Å². The van der Waals surface area contributed by atoms with Crippen LogP contribution in [0.25, 0.3) is 0 Å². The molecule has 4 rings (SSSR count). The third-order valence-electron chi connectivity index (χ3n) is 4.28. The van der Waals surface area contributed by atoms with E-state index in [-0.39, 0.29) is 12.7 Å². The van der Waals surface area contributed by atoms with E-state index < -0.39 is 0 Å². The molecule has 124 valence electrons. The number of fused-ring (bicyclic) bond motifs is 1. The van der Waals surface area contributed by atoms with Crippen LogP contribution in [0, 0.1) is 0 Å². The number of ether oxygens (including phenoxy) is 2. The van der Waals surface area contributed by atoms with Crippen LogP contribution in [0.15, 0.2) is 36.5 Å². The van der Waals surface area contributed by atoms with Crippen LogP contribution in [0.4, 0.5) is 11.4 Å². The smallest absolute Gasteiger partial charge is 0.272 e. The molecule has 3 heterocycles. The zero-order valence-electron chi connectivity index (χ0n) is 13.3. The van der Waals surface area contributed by atoms with Crippen LogP contribution >= 0.6 is 0 Å². The molecule has 6 heteroatoms. The predicted octanol–water partition coefficient (Wildman–Crippen LogP) is 3.18. The number of nitrogens with one attached hydrogen (secondary N) is 1. The lowest BCUT2D eigenvalue weighted by molar-refractivity contribution is 0.0718. The molecule has 0 unspecified atom stereocenters. The third-order valence-corrected chi connectivity index (χ3v) is 4.28. The van der Waals surface area contributed by atoms with E-state index in [2.05, 4.69) is 10.3 Å². The maximum Gasteiger partial charge on any atom is 0.272 e. The van der Waals surface area contributed by atoms with Crippen molar-refractivity contribution >= 4 is 17.3 Å². The zero-order valence-corrected chi connectivity index (χ0v) is 13.3. The van der Waals surface area contributed by atoms with Crippen molar-refractivity contribution in [2.24, 2.45) is 0 Å². The van der Waals surface area contributed by atoms with Crippen LogP contribution in [0.1, 0.15) is 29.8 Å². The van der Waals surface area contributed by atoms with Crippen LogP contribution in [-0.4, -0.2) is 35.7 Å². The van der Waals surface area contributed by atoms with Crippen LogP contribution < -0.4 is 14.8 Å². The normalized spacial score (nSPS) is 16.1. The molecule has 2 aromatic rings. The summed E-state index contributed by atoms with van der Waals surface area (Å²) < 4.78 is 10.7. The summed E-state index contributed by atoms with van der Waals surface area (Å²) in [5, 5.41) is 3.29. The second-order valence-electron chi connectivity index (χ2n) is 5.98. The van der Waals surface area contributed by atoms with E-state index in [1.165, 1.54) is 6.42 Å². The van der Waals surface area contributed by atoms with Crippen molar-refractivity contribution < 1.29 is 14.3 Å². The summed E-state index contributed by atoms with van der Waals surface area (Å²) in [6.45, 7) is 1.89. The summed E-state index contributed by atoms with van der Waals surface area (Å²) in [4.78, 5) is 18.7. The molecule has 1 aromatic heterocycles. The highest BCUT2D eigenvalue weighted by atomic mass is 16.7. The quantitative estimate of drug-likeness (QED) is 0.939. The number of hydrogen-bond acceptors (Lipinski definition) is 5. The van der Waals surface area contributed by atoms with Crippen LogP contribution in [0.2, 0.25) is 0 Å². The first-order valence-corrected chi connectivity index (χ1v) is 8.21. The van der Waals surface area contributed by atoms with Gasteiger partial charge in [-0.25, -0.2) is 0 Å². The van der Waals surface area contributed by atoms with Crippen LogP contribution in [0.5, 0.6) is 11.5 Å². The molecule has 0 radical (unpaired) electrons. The minimum absolute atomic E-state index is 0.00374. The number of benzene rings is 1. The summed E-state index contributed by atoms with van der Waals surface area (Å²) in [7, 11) is 0. The molecule has 2 aliphatic rings. The van der Waals surface area contributed by atoms with E-state index in [0.29, 0.717) is 5.69 Å². The van der Waals surface area contributed by atoms with Crippen LogP contribution in [-0.2, 0) is 0 Å². The Labute approximate surface area is 140 Å². The van der Waals surface area contributed by atoms with Gasteiger partial charge < -0.3 is 19.7 Å². The molecule has 1 fully saturated rings. The SMILES string of the molecule is O=C(c1cc(Nc2ccc3c(c2)OCO3)ccn1)N1CCCCC1. The summed E-state index contributed by atoms with van der Waals surface area (Å²) >= 11 is 0. The Morgan fingerprint density at radius 3 is 2.67 bits per heavy atom. The van der Waals surface area contributed by atoms with Crippen molar-refractivity contribution in [3.05, 3.63) is 42.2 Å². The van der Waals surface area contributed by atoms with Crippen molar-refractivity contribution in [3.63, 3.8) is 0 Å². The van der Waals surface area contributed by atoms with E-state index in [1.807, 2.05) is 29.2 Å². The van der Waals surface area contributed by atoms with Gasteiger partial charge in [-0.15, -0.1) is 0 Å². The summed E-state index contributed by atoms with van der Waals surface area (Å²) in [5.74, 6) is 1.47. The molecule has 0 spiro atoms. The fraction of sp³-hybridized carbons (Fsp3) is 0.333. The molecule has 1 aromatic carbocycles. The fourth-order valence-corrected chi connectivity index (χ4v) is 3.03. The highest BCUT2D eigenvalue weighted by Crippen LogP contribution is 2.35. The van der Waals surface area contributed by atoms with E-state index in [4.69, 9.17) is 9.47 Å². The van der Waals surface area contributed by atoms with Crippen molar-refractivity contribution in [3.8, 4) is 11.5 Å². The Hall–Kier alpha value is -2.76. The molecule has 24 heavy (non-hydrogen) atoms. The van der Waals surface area contributed by atoms with Crippen molar-refractivity contribution in [2.75, 3.05) is 25.2 Å². The summed E-state index contributed by atoms with van der Waals surface area (Å²) in [6, 6.07) is 9.31. The number of likely N-dealkylation sites (tertiary alicyclic amines) is 1. The standard InChI is InChI=1S/C18H19N3O3/c22-18(21-8-2-1-3-9-21)15-10-14(6-7-19-15)20-13-4-5-16-17(11-13)24-12-23-16/h4-7,10-11H,1-3,8-9,12H2,(H,19,20). The highest BCUT2D eigenvalue weighted by molar-refractivity contribution is 5.93. The van der Waals surface area contributed by atoms with Gasteiger partial charge in [0.25, 0.3) is 5.91 Å². The molecule has 2 aliphatic heterocycles. The molecule has 1 amide bonds. The maximum absolute atomic E-state index is 12.6. The largest absolute Gasteiger partial charge is 0.454 e. The van der Waals surface area contributed by atoms with Crippen molar-refractivity contribution in [1.82, 2.24) is 9.88 Å². The predicted molar refractivity (Wildman–Crippen MR) is 89.8 cm³/mol. The Bertz CT molecular complexity index is 757. The molecule has 0 bridgehead atoms. The van der Waals surface area contributed by atoms with Gasteiger partial charge in [-0.2, -0.15) is 0 Å². The first-order valence-electron chi connectivity index (χ1n) is 8.21. The molecule has 0 aliphatic carbocycles. The third kappa shape index (κ3) is 2.99. The summed E-state index contributed by atoms with van der Waals surface area (Å²) in [6.07, 6.45) is 5.00. The van der Waals surface area contributed by atoms with E-state index in [9.17, 15) is 4.79 Å². The van der Waals surface area contributed by atoms with Gasteiger partial charge >= 0.3 is 0 Å². The summed E-state index contributed by atoms with van der Waals surface area (Å²) in [5.41, 5.74) is 2.17. The van der Waals surface area contributed by atoms with E-state index in [0.717, 1.165) is 48.8 Å². The number of rotatable bonds is 3. The molecule has 0 saturated carbocycles. The minimum atomic E-state index is 0.00374. The first-order chi connectivity index (χ1) is 11.8. The van der Waals surface area contributed by atoms with Gasteiger partial charge in [0, 0.05) is 36.7 Å². The number of anilines is 2. The van der Waals surface area contributed by atoms with Gasteiger partial charge in [0.15, 0.2) is 11.5 Å². The Morgan fingerprint density at radius 2 is 1.79 bits per heavy atom. The number of amides is 1. The number of pyridine rings is 1. The van der Waals surface area contributed by atoms with E-state index in [1.54, 1.807) is 12.3 Å². The number of piperidine rings is 1. The van der Waals surface area contributed by atoms with Crippen LogP contribution in [0.3, 0.4) is 0 Å². The number of aromatic nitrogens is 1. The molecular weight excluding hydrogens is 306 g/mol. The van der Waals surface area contributed by atoms with Gasteiger partial charge in [-0.1, -0.05) is 0 Å². The zero-order chi connectivity index (χ0) is 16.4. The van der Waals surface area contributed by atoms with Gasteiger partial charge in [-0.05, 0) is 43.5 Å². The highest BCUT2D eigenvalue weighted by Gasteiger charge is 2.19. The molecule has 0 atom stereocenters. The fourth-order valence-electron chi connectivity index (χ4n) is 3.03. The average molecular weight is 325 g/mol. The Morgan fingerprint density at radius 1 is 1.00 bits per heavy atom. The topological polar surface area (TPSA) is 63.7 Å². The molecule has 6 nitrogen and oxygen atoms in total. The second-order valence-corrected chi connectivity index (χ2v) is 5.98. The Kier molecular flexibility index (Phi) is 3.94. The first kappa shape index (κ1) is 14.8. The second kappa shape index (κ2) is 6.39. The number of hydrogen-bond donors (Lipinski definition) is 1. The molecule has 1 saturated heterocycles. The lowest BCUT2D eigenvalue weighted by Gasteiger charge is -2.26. The Balaban J connectivity index is 1.51. The molecular formula is C18H19N3O3. The van der Waals surface area contributed by atoms with Gasteiger partial charge in [0.05, 0.1) is 0 Å².